The van der Waals surface area contributed by atoms with Crippen LogP contribution >= 0.6 is 0 Å². The van der Waals surface area contributed by atoms with Crippen LogP contribution in [0.4, 0.5) is 5.69 Å². The second-order valence-electron chi connectivity index (χ2n) is 5.41. The third kappa shape index (κ3) is 3.48. The summed E-state index contributed by atoms with van der Waals surface area (Å²) < 4.78 is 12.5. The van der Waals surface area contributed by atoms with Crippen LogP contribution in [0, 0.1) is 6.92 Å². The molecule has 0 saturated heterocycles. The Balaban J connectivity index is 1.58. The Morgan fingerprint density at radius 1 is 1.21 bits per heavy atom. The number of nitrogens with one attached hydrogen (secondary N) is 2. The number of hydrogen-bond acceptors (Lipinski definition) is 5. The van der Waals surface area contributed by atoms with Crippen LogP contribution in [0.2, 0.25) is 0 Å². The molecule has 2 heterocycles. The molecule has 0 spiro atoms. The van der Waals surface area contributed by atoms with Crippen molar-refractivity contribution in [1.82, 2.24) is 15.1 Å². The molecule has 0 radical (unpaired) electrons. The van der Waals surface area contributed by atoms with Crippen molar-refractivity contribution in [3.63, 3.8) is 0 Å². The van der Waals surface area contributed by atoms with Crippen LogP contribution in [0.5, 0.6) is 11.5 Å². The van der Waals surface area contributed by atoms with E-state index in [-0.39, 0.29) is 6.54 Å². The van der Waals surface area contributed by atoms with Gasteiger partial charge in [-0.05, 0) is 19.1 Å². The van der Waals surface area contributed by atoms with Crippen LogP contribution in [0.1, 0.15) is 11.3 Å². The molecule has 1 aliphatic heterocycles. The molecule has 0 unspecified atom stereocenters. The lowest BCUT2D eigenvalue weighted by Gasteiger charge is -2.18. The molecule has 2 amide bonds. The number of aromatic nitrogens is 2. The van der Waals surface area contributed by atoms with Gasteiger partial charge in [0.15, 0.2) is 11.5 Å². The van der Waals surface area contributed by atoms with Gasteiger partial charge in [-0.25, -0.2) is 0 Å². The number of anilines is 1. The van der Waals surface area contributed by atoms with Gasteiger partial charge in [-0.3, -0.25) is 14.3 Å². The van der Waals surface area contributed by atoms with Crippen molar-refractivity contribution < 1.29 is 19.1 Å². The smallest absolute Gasteiger partial charge is 0.313 e. The second kappa shape index (κ2) is 6.61. The molecule has 1 aromatic carbocycles. The average molecular weight is 330 g/mol. The lowest BCUT2D eigenvalue weighted by Crippen LogP contribution is -2.35. The summed E-state index contributed by atoms with van der Waals surface area (Å²) in [6, 6.07) is 4.98. The van der Waals surface area contributed by atoms with E-state index in [9.17, 15) is 9.59 Å². The lowest BCUT2D eigenvalue weighted by molar-refractivity contribution is -0.136. The van der Waals surface area contributed by atoms with Crippen LogP contribution in [-0.2, 0) is 23.2 Å². The fraction of sp³-hybridized carbons (Fsp3) is 0.312. The Morgan fingerprint density at radius 2 is 1.96 bits per heavy atom. The highest BCUT2D eigenvalue weighted by atomic mass is 16.6. The minimum atomic E-state index is -0.742. The van der Waals surface area contributed by atoms with Gasteiger partial charge in [0, 0.05) is 37.1 Å². The molecule has 0 saturated carbocycles. The van der Waals surface area contributed by atoms with Crippen molar-refractivity contribution in [2.45, 2.75) is 13.5 Å². The first-order valence-corrected chi connectivity index (χ1v) is 7.51. The van der Waals surface area contributed by atoms with Gasteiger partial charge in [0.1, 0.15) is 13.2 Å². The highest BCUT2D eigenvalue weighted by molar-refractivity contribution is 6.39. The Labute approximate surface area is 138 Å². The Kier molecular flexibility index (Phi) is 4.37. The molecule has 0 aliphatic carbocycles. The summed E-state index contributed by atoms with van der Waals surface area (Å²) in [5, 5.41) is 9.30. The normalized spacial score (nSPS) is 12.6. The summed E-state index contributed by atoms with van der Waals surface area (Å²) >= 11 is 0. The maximum absolute atomic E-state index is 12.0. The molecule has 126 valence electrons. The fourth-order valence-corrected chi connectivity index (χ4v) is 2.39. The molecule has 0 fully saturated rings. The zero-order valence-corrected chi connectivity index (χ0v) is 13.5. The number of nitrogens with zero attached hydrogens (tertiary/aromatic N) is 2. The van der Waals surface area contributed by atoms with Crippen LogP contribution in [0.15, 0.2) is 24.4 Å². The number of aryl methyl sites for hydroxylation is 2. The number of fused-ring (bicyclic) bond motifs is 1. The molecule has 3 rings (SSSR count). The Hall–Kier alpha value is -3.03. The van der Waals surface area contributed by atoms with Gasteiger partial charge in [-0.2, -0.15) is 5.10 Å². The van der Waals surface area contributed by atoms with Crippen molar-refractivity contribution in [2.75, 3.05) is 18.5 Å². The predicted octanol–water partition coefficient (Wildman–Crippen LogP) is 0.755. The van der Waals surface area contributed by atoms with Crippen molar-refractivity contribution in [1.29, 1.82) is 0 Å². The zero-order valence-electron chi connectivity index (χ0n) is 13.5. The number of carbonyl (C=O) groups excluding carboxylic acids is 2. The van der Waals surface area contributed by atoms with E-state index in [2.05, 4.69) is 15.7 Å². The van der Waals surface area contributed by atoms with Gasteiger partial charge in [0.2, 0.25) is 0 Å². The van der Waals surface area contributed by atoms with E-state index in [1.54, 1.807) is 36.1 Å². The molecule has 0 atom stereocenters. The molecule has 24 heavy (non-hydrogen) atoms. The fourth-order valence-electron chi connectivity index (χ4n) is 2.39. The number of ether oxygens (including phenoxy) is 2. The largest absolute Gasteiger partial charge is 0.486 e. The molecule has 8 heteroatoms. The van der Waals surface area contributed by atoms with E-state index in [0.717, 1.165) is 11.3 Å². The summed E-state index contributed by atoms with van der Waals surface area (Å²) in [5.74, 6) is -0.289. The summed E-state index contributed by atoms with van der Waals surface area (Å²) in [4.78, 5) is 23.9. The van der Waals surface area contributed by atoms with Crippen molar-refractivity contribution in [2.24, 2.45) is 7.05 Å². The van der Waals surface area contributed by atoms with Gasteiger partial charge in [-0.15, -0.1) is 0 Å². The highest BCUT2D eigenvalue weighted by Crippen LogP contribution is 2.32. The lowest BCUT2D eigenvalue weighted by atomic mass is 10.2. The van der Waals surface area contributed by atoms with Gasteiger partial charge in [0.25, 0.3) is 0 Å². The summed E-state index contributed by atoms with van der Waals surface area (Å²) in [6.07, 6.45) is 1.80. The van der Waals surface area contributed by atoms with E-state index >= 15 is 0 Å². The SMILES string of the molecule is Cc1nn(C)cc1CNC(=O)C(=O)Nc1ccc2c(c1)OCCO2. The summed E-state index contributed by atoms with van der Waals surface area (Å²) in [7, 11) is 1.80. The first kappa shape index (κ1) is 15.9. The van der Waals surface area contributed by atoms with Crippen LogP contribution in [0.25, 0.3) is 0 Å². The van der Waals surface area contributed by atoms with Crippen LogP contribution < -0.4 is 20.1 Å². The van der Waals surface area contributed by atoms with Crippen LogP contribution in [0.3, 0.4) is 0 Å². The molecule has 2 N–H and O–H groups in total. The molecule has 1 aliphatic rings. The first-order valence-electron chi connectivity index (χ1n) is 7.51. The molecule has 8 nitrogen and oxygen atoms in total. The second-order valence-corrected chi connectivity index (χ2v) is 5.41. The van der Waals surface area contributed by atoms with Crippen molar-refractivity contribution in [3.05, 3.63) is 35.7 Å². The summed E-state index contributed by atoms with van der Waals surface area (Å²) in [6.45, 7) is 3.04. The van der Waals surface area contributed by atoms with E-state index in [1.807, 2.05) is 6.92 Å². The average Bonchev–Trinajstić information content (AvgIpc) is 2.90. The topological polar surface area (TPSA) is 94.5 Å². The quantitative estimate of drug-likeness (QED) is 0.810. The zero-order chi connectivity index (χ0) is 17.1. The third-order valence-electron chi connectivity index (χ3n) is 3.56. The first-order chi connectivity index (χ1) is 11.5. The molecule has 2 aromatic rings. The number of amides is 2. The van der Waals surface area contributed by atoms with Gasteiger partial charge in [-0.1, -0.05) is 0 Å². The van der Waals surface area contributed by atoms with E-state index in [1.165, 1.54) is 0 Å². The number of carbonyl (C=O) groups is 2. The van der Waals surface area contributed by atoms with Crippen molar-refractivity contribution in [3.8, 4) is 11.5 Å². The number of rotatable bonds is 3. The van der Waals surface area contributed by atoms with E-state index in [4.69, 9.17) is 9.47 Å². The minimum Gasteiger partial charge on any atom is -0.486 e. The van der Waals surface area contributed by atoms with Gasteiger partial charge < -0.3 is 20.1 Å². The van der Waals surface area contributed by atoms with E-state index < -0.39 is 11.8 Å². The molecule has 0 bridgehead atoms. The number of benzene rings is 1. The summed E-state index contributed by atoms with van der Waals surface area (Å²) in [5.41, 5.74) is 2.14. The van der Waals surface area contributed by atoms with Gasteiger partial charge >= 0.3 is 11.8 Å². The van der Waals surface area contributed by atoms with E-state index in [0.29, 0.717) is 30.4 Å². The molecular weight excluding hydrogens is 312 g/mol. The minimum absolute atomic E-state index is 0.243. The molecular formula is C16H18N4O4. The predicted molar refractivity (Wildman–Crippen MR) is 85.9 cm³/mol. The maximum Gasteiger partial charge on any atom is 0.313 e. The van der Waals surface area contributed by atoms with Crippen LogP contribution in [-0.4, -0.2) is 34.8 Å². The van der Waals surface area contributed by atoms with Crippen molar-refractivity contribution >= 4 is 17.5 Å². The third-order valence-corrected chi connectivity index (χ3v) is 3.56. The highest BCUT2D eigenvalue weighted by Gasteiger charge is 2.17. The molecule has 1 aromatic heterocycles. The van der Waals surface area contributed by atoms with Gasteiger partial charge in [0.05, 0.1) is 5.69 Å². The Morgan fingerprint density at radius 3 is 2.67 bits per heavy atom. The maximum atomic E-state index is 12.0. The standard InChI is InChI=1S/C16H18N4O4/c1-10-11(9-20(2)19-10)8-17-15(21)16(22)18-12-3-4-13-14(7-12)24-6-5-23-13/h3-4,7,9H,5-6,8H2,1-2H3,(H,17,21)(H,18,22). The Bertz CT molecular complexity index is 784. The number of hydrogen-bond donors (Lipinski definition) is 2. The monoisotopic (exact) mass is 330 g/mol.